The summed E-state index contributed by atoms with van der Waals surface area (Å²) in [6.07, 6.45) is 4.92. The van der Waals surface area contributed by atoms with Crippen LogP contribution in [0, 0.1) is 5.92 Å². The average molecular weight is 240 g/mol. The van der Waals surface area contributed by atoms with E-state index >= 15 is 0 Å². The van der Waals surface area contributed by atoms with Gasteiger partial charge in [0, 0.05) is 0 Å². The van der Waals surface area contributed by atoms with Crippen LogP contribution in [0.5, 0.6) is 0 Å². The topological polar surface area (TPSA) is 41.5 Å². The van der Waals surface area contributed by atoms with Gasteiger partial charge in [-0.25, -0.2) is 0 Å². The molecule has 0 bridgehead atoms. The Morgan fingerprint density at radius 2 is 2.06 bits per heavy atom. The summed E-state index contributed by atoms with van der Waals surface area (Å²) >= 11 is 1.61. The molecule has 1 amide bonds. The minimum atomic E-state index is -0.336. The van der Waals surface area contributed by atoms with E-state index in [0.717, 1.165) is 5.17 Å². The molecule has 1 heterocycles. The van der Waals surface area contributed by atoms with Gasteiger partial charge in [-0.2, -0.15) is 0 Å². The number of carbonyl (C=O) groups is 1. The lowest BCUT2D eigenvalue weighted by atomic mass is 9.96. The third kappa shape index (κ3) is 2.12. The van der Waals surface area contributed by atoms with E-state index in [1.165, 1.54) is 25.7 Å². The van der Waals surface area contributed by atoms with E-state index in [1.54, 1.807) is 11.8 Å². The first-order valence-corrected chi connectivity index (χ1v) is 6.92. The van der Waals surface area contributed by atoms with Gasteiger partial charge in [-0.3, -0.25) is 9.79 Å². The van der Waals surface area contributed by atoms with Gasteiger partial charge in [0.25, 0.3) is 0 Å². The Balaban J connectivity index is 2.08. The van der Waals surface area contributed by atoms with E-state index in [4.69, 9.17) is 0 Å². The predicted molar refractivity (Wildman–Crippen MR) is 68.7 cm³/mol. The maximum atomic E-state index is 11.9. The van der Waals surface area contributed by atoms with Crippen LogP contribution in [0.1, 0.15) is 46.5 Å². The molecular formula is C12H20N2OS. The molecule has 1 saturated heterocycles. The predicted octanol–water partition coefficient (Wildman–Crippen LogP) is 2.56. The Kier molecular flexibility index (Phi) is 3.29. The summed E-state index contributed by atoms with van der Waals surface area (Å²) in [6.45, 7) is 6.19. The Labute approximate surface area is 101 Å². The van der Waals surface area contributed by atoms with Crippen LogP contribution in [-0.4, -0.2) is 21.9 Å². The van der Waals surface area contributed by atoms with Crippen molar-refractivity contribution < 1.29 is 4.79 Å². The number of nitrogens with zero attached hydrogens (tertiary/aromatic N) is 1. The van der Waals surface area contributed by atoms with Gasteiger partial charge in [-0.05, 0) is 25.7 Å². The summed E-state index contributed by atoms with van der Waals surface area (Å²) in [5, 5.41) is 3.77. The molecule has 1 N–H and O–H groups in total. The van der Waals surface area contributed by atoms with Crippen LogP contribution in [0.3, 0.4) is 0 Å². The second-order valence-corrected chi connectivity index (χ2v) is 6.63. The minimum Gasteiger partial charge on any atom is -0.304 e. The molecule has 0 aromatic heterocycles. The van der Waals surface area contributed by atoms with Gasteiger partial charge in [0.1, 0.15) is 4.75 Å². The zero-order valence-corrected chi connectivity index (χ0v) is 11.1. The van der Waals surface area contributed by atoms with Crippen molar-refractivity contribution in [3.05, 3.63) is 0 Å². The van der Waals surface area contributed by atoms with Crippen molar-refractivity contribution >= 4 is 22.8 Å². The number of amides is 1. The number of hydrogen-bond acceptors (Lipinski definition) is 3. The molecule has 90 valence electrons. The van der Waals surface area contributed by atoms with Crippen molar-refractivity contribution in [3.63, 3.8) is 0 Å². The molecule has 0 aromatic rings. The van der Waals surface area contributed by atoms with E-state index < -0.39 is 0 Å². The van der Waals surface area contributed by atoms with Crippen LogP contribution in [0.4, 0.5) is 0 Å². The lowest BCUT2D eigenvalue weighted by Gasteiger charge is -2.22. The lowest BCUT2D eigenvalue weighted by molar-refractivity contribution is -0.122. The monoisotopic (exact) mass is 240 g/mol. The van der Waals surface area contributed by atoms with Crippen molar-refractivity contribution in [2.45, 2.75) is 57.2 Å². The van der Waals surface area contributed by atoms with Gasteiger partial charge in [0.2, 0.25) is 5.91 Å². The molecular weight excluding hydrogens is 220 g/mol. The molecule has 16 heavy (non-hydrogen) atoms. The smallest absolute Gasteiger partial charge is 0.242 e. The maximum Gasteiger partial charge on any atom is 0.242 e. The van der Waals surface area contributed by atoms with Gasteiger partial charge in [0.05, 0.1) is 6.04 Å². The molecule has 3 nitrogen and oxygen atoms in total. The van der Waals surface area contributed by atoms with E-state index in [9.17, 15) is 4.79 Å². The van der Waals surface area contributed by atoms with Crippen LogP contribution < -0.4 is 5.32 Å². The highest BCUT2D eigenvalue weighted by Gasteiger charge is 2.45. The lowest BCUT2D eigenvalue weighted by Crippen LogP contribution is -2.38. The fourth-order valence-electron chi connectivity index (χ4n) is 2.13. The third-order valence-electron chi connectivity index (χ3n) is 3.71. The molecule has 0 unspecified atom stereocenters. The molecule has 4 heteroatoms. The van der Waals surface area contributed by atoms with Crippen LogP contribution in [0.2, 0.25) is 0 Å². The number of hydrogen-bond donors (Lipinski definition) is 1. The summed E-state index contributed by atoms with van der Waals surface area (Å²) in [6, 6.07) is 0.442. The Morgan fingerprint density at radius 1 is 1.44 bits per heavy atom. The summed E-state index contributed by atoms with van der Waals surface area (Å²) in [7, 11) is 0. The zero-order valence-electron chi connectivity index (χ0n) is 10.2. The summed E-state index contributed by atoms with van der Waals surface area (Å²) in [4.78, 5) is 16.6. The van der Waals surface area contributed by atoms with Crippen LogP contribution in [0.15, 0.2) is 4.99 Å². The van der Waals surface area contributed by atoms with Crippen LogP contribution >= 0.6 is 11.8 Å². The van der Waals surface area contributed by atoms with E-state index in [2.05, 4.69) is 24.2 Å². The summed E-state index contributed by atoms with van der Waals surface area (Å²) < 4.78 is -0.336. The first-order chi connectivity index (χ1) is 7.52. The SMILES string of the molecule is CC(C)[C@]1(C)SC(=NC2CCCC2)NC1=O. The molecule has 1 atom stereocenters. The van der Waals surface area contributed by atoms with Crippen LogP contribution in [0.25, 0.3) is 0 Å². The standard InChI is InChI=1S/C12H20N2OS/c1-8(2)12(3)10(15)14-11(16-12)13-9-6-4-5-7-9/h8-9H,4-7H2,1-3H3,(H,13,14,15)/t12-/m0/s1. The van der Waals surface area contributed by atoms with E-state index in [-0.39, 0.29) is 10.7 Å². The molecule has 2 aliphatic rings. The van der Waals surface area contributed by atoms with E-state index in [1.807, 2.05) is 6.92 Å². The summed E-state index contributed by atoms with van der Waals surface area (Å²) in [5.41, 5.74) is 0. The van der Waals surface area contributed by atoms with Crippen molar-refractivity contribution in [2.75, 3.05) is 0 Å². The quantitative estimate of drug-likeness (QED) is 0.806. The Hall–Kier alpha value is -0.510. The van der Waals surface area contributed by atoms with Crippen LogP contribution in [-0.2, 0) is 4.79 Å². The molecule has 2 fully saturated rings. The molecule has 1 aliphatic heterocycles. The Morgan fingerprint density at radius 3 is 2.56 bits per heavy atom. The Bertz CT molecular complexity index is 321. The average Bonchev–Trinajstić information content (AvgIpc) is 2.77. The second-order valence-electron chi connectivity index (χ2n) is 5.19. The van der Waals surface area contributed by atoms with Crippen molar-refractivity contribution in [2.24, 2.45) is 10.9 Å². The maximum absolute atomic E-state index is 11.9. The van der Waals surface area contributed by atoms with Crippen molar-refractivity contribution in [3.8, 4) is 0 Å². The van der Waals surface area contributed by atoms with Crippen molar-refractivity contribution in [1.29, 1.82) is 0 Å². The highest BCUT2D eigenvalue weighted by atomic mass is 32.2. The number of amidine groups is 1. The third-order valence-corrected chi connectivity index (χ3v) is 5.19. The van der Waals surface area contributed by atoms with Crippen molar-refractivity contribution in [1.82, 2.24) is 5.32 Å². The van der Waals surface area contributed by atoms with Gasteiger partial charge in [-0.15, -0.1) is 0 Å². The molecule has 1 aliphatic carbocycles. The van der Waals surface area contributed by atoms with Gasteiger partial charge in [0.15, 0.2) is 5.17 Å². The molecule has 0 aromatic carbocycles. The number of nitrogens with one attached hydrogen (secondary N) is 1. The van der Waals surface area contributed by atoms with Gasteiger partial charge in [-0.1, -0.05) is 38.5 Å². The normalized spacial score (nSPS) is 34.0. The molecule has 1 saturated carbocycles. The van der Waals surface area contributed by atoms with Gasteiger partial charge >= 0.3 is 0 Å². The first kappa shape index (κ1) is 12.0. The fourth-order valence-corrected chi connectivity index (χ4v) is 3.26. The highest BCUT2D eigenvalue weighted by molar-refractivity contribution is 8.16. The number of thioether (sulfide) groups is 1. The fraction of sp³-hybridized carbons (Fsp3) is 0.833. The molecule has 2 rings (SSSR count). The zero-order chi connectivity index (χ0) is 11.8. The molecule has 0 spiro atoms. The second kappa shape index (κ2) is 4.40. The minimum absolute atomic E-state index is 0.115. The number of carbonyl (C=O) groups excluding carboxylic acids is 1. The van der Waals surface area contributed by atoms with Gasteiger partial charge < -0.3 is 5.32 Å². The summed E-state index contributed by atoms with van der Waals surface area (Å²) in [5.74, 6) is 0.443. The largest absolute Gasteiger partial charge is 0.304 e. The number of aliphatic imine (C=N–C) groups is 1. The first-order valence-electron chi connectivity index (χ1n) is 6.10. The highest BCUT2D eigenvalue weighted by Crippen LogP contribution is 2.38. The molecule has 0 radical (unpaired) electrons. The van der Waals surface area contributed by atoms with E-state index in [0.29, 0.717) is 12.0 Å². The number of rotatable bonds is 2.